The molecule has 1 rings (SSSR count). The lowest BCUT2D eigenvalue weighted by Gasteiger charge is -2.13. The molecule has 0 amide bonds. The Morgan fingerprint density at radius 3 is 2.78 bits per heavy atom. The molecule has 2 N–H and O–H groups in total. The Hall–Kier alpha value is -1.97. The van der Waals surface area contributed by atoms with Crippen molar-refractivity contribution in [3.8, 4) is 5.75 Å². The highest BCUT2D eigenvalue weighted by Crippen LogP contribution is 2.28. The van der Waals surface area contributed by atoms with Crippen molar-refractivity contribution < 1.29 is 14.6 Å². The molecule has 0 aliphatic rings. The van der Waals surface area contributed by atoms with E-state index < -0.39 is 5.97 Å². The van der Waals surface area contributed by atoms with Gasteiger partial charge < -0.3 is 15.2 Å². The maximum absolute atomic E-state index is 10.3. The number of methoxy groups -OCH3 is 1. The van der Waals surface area contributed by atoms with Gasteiger partial charge in [-0.3, -0.25) is 0 Å². The van der Waals surface area contributed by atoms with Crippen molar-refractivity contribution in [2.45, 2.75) is 19.8 Å². The summed E-state index contributed by atoms with van der Waals surface area (Å²) in [4.78, 5) is 10.3. The third-order valence-corrected chi connectivity index (χ3v) is 2.56. The van der Waals surface area contributed by atoms with Crippen molar-refractivity contribution in [1.29, 1.82) is 0 Å². The molecule has 0 atom stereocenters. The Morgan fingerprint density at radius 2 is 2.22 bits per heavy atom. The number of hydrogen-bond acceptors (Lipinski definition) is 3. The SMILES string of the molecule is COc1ccc(C(C)C)cc1NC/C=C/C(=O)O. The fourth-order valence-electron chi connectivity index (χ4n) is 1.55. The Bertz CT molecular complexity index is 439. The largest absolute Gasteiger partial charge is 0.495 e. The molecule has 0 spiro atoms. The van der Waals surface area contributed by atoms with Crippen LogP contribution >= 0.6 is 0 Å². The van der Waals surface area contributed by atoms with Gasteiger partial charge in [0.1, 0.15) is 5.75 Å². The molecule has 98 valence electrons. The molecule has 1 aromatic rings. The first kappa shape index (κ1) is 14.1. The highest BCUT2D eigenvalue weighted by atomic mass is 16.5. The number of carbonyl (C=O) groups is 1. The summed E-state index contributed by atoms with van der Waals surface area (Å²) in [6.45, 7) is 4.69. The van der Waals surface area contributed by atoms with Gasteiger partial charge in [-0.2, -0.15) is 0 Å². The minimum absolute atomic E-state index is 0.436. The summed E-state index contributed by atoms with van der Waals surface area (Å²) in [6.07, 6.45) is 2.68. The fourth-order valence-corrected chi connectivity index (χ4v) is 1.55. The van der Waals surface area contributed by atoms with Crippen LogP contribution in [0.3, 0.4) is 0 Å². The average molecular weight is 249 g/mol. The molecule has 0 heterocycles. The average Bonchev–Trinajstić information content (AvgIpc) is 2.34. The van der Waals surface area contributed by atoms with E-state index >= 15 is 0 Å². The van der Waals surface area contributed by atoms with Crippen LogP contribution < -0.4 is 10.1 Å². The Kier molecular flexibility index (Phi) is 5.24. The molecule has 0 unspecified atom stereocenters. The molecule has 0 aliphatic carbocycles. The number of anilines is 1. The van der Waals surface area contributed by atoms with Crippen LogP contribution in [-0.4, -0.2) is 24.7 Å². The van der Waals surface area contributed by atoms with Gasteiger partial charge in [-0.1, -0.05) is 26.0 Å². The number of aliphatic carboxylic acids is 1. The van der Waals surface area contributed by atoms with E-state index in [0.29, 0.717) is 12.5 Å². The van der Waals surface area contributed by atoms with E-state index in [1.807, 2.05) is 18.2 Å². The standard InChI is InChI=1S/C14H19NO3/c1-10(2)11-6-7-13(18-3)12(9-11)15-8-4-5-14(16)17/h4-7,9-10,15H,8H2,1-3H3,(H,16,17)/b5-4+. The molecule has 0 aromatic heterocycles. The third kappa shape index (κ3) is 4.13. The smallest absolute Gasteiger partial charge is 0.328 e. The van der Waals surface area contributed by atoms with Crippen molar-refractivity contribution in [2.75, 3.05) is 19.0 Å². The molecule has 0 bridgehead atoms. The topological polar surface area (TPSA) is 58.6 Å². The maximum atomic E-state index is 10.3. The third-order valence-electron chi connectivity index (χ3n) is 2.56. The van der Waals surface area contributed by atoms with Crippen molar-refractivity contribution in [2.24, 2.45) is 0 Å². The zero-order chi connectivity index (χ0) is 13.5. The van der Waals surface area contributed by atoms with Crippen LogP contribution in [0.1, 0.15) is 25.3 Å². The summed E-state index contributed by atoms with van der Waals surface area (Å²) < 4.78 is 5.26. The van der Waals surface area contributed by atoms with E-state index in [4.69, 9.17) is 9.84 Å². The van der Waals surface area contributed by atoms with Crippen LogP contribution in [0.5, 0.6) is 5.75 Å². The normalized spacial score (nSPS) is 10.9. The van der Waals surface area contributed by atoms with E-state index in [-0.39, 0.29) is 0 Å². The highest BCUT2D eigenvalue weighted by Gasteiger charge is 2.05. The minimum Gasteiger partial charge on any atom is -0.495 e. The Morgan fingerprint density at radius 1 is 1.50 bits per heavy atom. The summed E-state index contributed by atoms with van der Waals surface area (Å²) >= 11 is 0. The van der Waals surface area contributed by atoms with Gasteiger partial charge in [0, 0.05) is 12.6 Å². The number of carboxylic acids is 1. The summed E-state index contributed by atoms with van der Waals surface area (Å²) in [5.74, 6) is 0.244. The quantitative estimate of drug-likeness (QED) is 0.761. The highest BCUT2D eigenvalue weighted by molar-refractivity contribution is 5.79. The maximum Gasteiger partial charge on any atom is 0.328 e. The summed E-state index contributed by atoms with van der Waals surface area (Å²) in [7, 11) is 1.61. The predicted molar refractivity (Wildman–Crippen MR) is 72.3 cm³/mol. The number of benzene rings is 1. The molecular weight excluding hydrogens is 230 g/mol. The van der Waals surface area contributed by atoms with Gasteiger partial charge in [0.2, 0.25) is 0 Å². The second kappa shape index (κ2) is 6.69. The van der Waals surface area contributed by atoms with Crippen LogP contribution in [-0.2, 0) is 4.79 Å². The molecule has 18 heavy (non-hydrogen) atoms. The molecule has 0 fully saturated rings. The van der Waals surface area contributed by atoms with Gasteiger partial charge in [0.15, 0.2) is 0 Å². The lowest BCUT2D eigenvalue weighted by Crippen LogP contribution is -2.02. The number of hydrogen-bond donors (Lipinski definition) is 2. The lowest BCUT2D eigenvalue weighted by molar-refractivity contribution is -0.131. The summed E-state index contributed by atoms with van der Waals surface area (Å²) in [6, 6.07) is 5.97. The first-order valence-electron chi connectivity index (χ1n) is 5.86. The molecule has 0 radical (unpaired) electrons. The van der Waals surface area contributed by atoms with Crippen molar-refractivity contribution in [3.05, 3.63) is 35.9 Å². The first-order chi connectivity index (χ1) is 8.54. The zero-order valence-electron chi connectivity index (χ0n) is 10.9. The molecular formula is C14H19NO3. The number of ether oxygens (including phenoxy) is 1. The monoisotopic (exact) mass is 249 g/mol. The molecule has 0 aliphatic heterocycles. The van der Waals surface area contributed by atoms with Gasteiger partial charge in [-0.25, -0.2) is 4.79 Å². The van der Waals surface area contributed by atoms with Crippen molar-refractivity contribution in [1.82, 2.24) is 0 Å². The molecule has 4 nitrogen and oxygen atoms in total. The fraction of sp³-hybridized carbons (Fsp3) is 0.357. The Labute approximate surface area is 107 Å². The van der Waals surface area contributed by atoms with Crippen LogP contribution in [0.25, 0.3) is 0 Å². The van der Waals surface area contributed by atoms with E-state index in [1.165, 1.54) is 5.56 Å². The van der Waals surface area contributed by atoms with Gasteiger partial charge >= 0.3 is 5.97 Å². The van der Waals surface area contributed by atoms with E-state index in [2.05, 4.69) is 19.2 Å². The minimum atomic E-state index is -0.945. The van der Waals surface area contributed by atoms with Crippen LogP contribution in [0, 0.1) is 0 Å². The number of rotatable bonds is 6. The number of nitrogens with one attached hydrogen (secondary N) is 1. The van der Waals surface area contributed by atoms with E-state index in [1.54, 1.807) is 13.2 Å². The van der Waals surface area contributed by atoms with Crippen molar-refractivity contribution in [3.63, 3.8) is 0 Å². The van der Waals surface area contributed by atoms with Crippen LogP contribution in [0.4, 0.5) is 5.69 Å². The summed E-state index contributed by atoms with van der Waals surface area (Å²) in [5, 5.41) is 11.6. The van der Waals surface area contributed by atoms with Gasteiger partial charge in [-0.15, -0.1) is 0 Å². The molecule has 0 saturated carbocycles. The molecule has 1 aromatic carbocycles. The first-order valence-corrected chi connectivity index (χ1v) is 5.86. The van der Waals surface area contributed by atoms with Crippen molar-refractivity contribution >= 4 is 11.7 Å². The van der Waals surface area contributed by atoms with Crippen LogP contribution in [0.2, 0.25) is 0 Å². The number of carboxylic acid groups (broad SMARTS) is 1. The lowest BCUT2D eigenvalue weighted by atomic mass is 10.0. The molecule has 4 heteroatoms. The second-order valence-electron chi connectivity index (χ2n) is 4.24. The van der Waals surface area contributed by atoms with E-state index in [9.17, 15) is 4.79 Å². The van der Waals surface area contributed by atoms with Gasteiger partial charge in [0.05, 0.1) is 12.8 Å². The van der Waals surface area contributed by atoms with Crippen LogP contribution in [0.15, 0.2) is 30.4 Å². The van der Waals surface area contributed by atoms with Gasteiger partial charge in [-0.05, 0) is 23.6 Å². The molecule has 0 saturated heterocycles. The zero-order valence-corrected chi connectivity index (χ0v) is 10.9. The summed E-state index contributed by atoms with van der Waals surface area (Å²) in [5.41, 5.74) is 2.08. The van der Waals surface area contributed by atoms with Gasteiger partial charge in [0.25, 0.3) is 0 Å². The second-order valence-corrected chi connectivity index (χ2v) is 4.24. The Balaban J connectivity index is 2.78. The predicted octanol–water partition coefficient (Wildman–Crippen LogP) is 2.87. The van der Waals surface area contributed by atoms with E-state index in [0.717, 1.165) is 17.5 Å².